The number of hydrogen-bond donors (Lipinski definition) is 3. The highest BCUT2D eigenvalue weighted by Crippen LogP contribution is 2.34. The van der Waals surface area contributed by atoms with Gasteiger partial charge in [0, 0.05) is 11.3 Å². The third-order valence-electron chi connectivity index (χ3n) is 5.87. The van der Waals surface area contributed by atoms with Crippen molar-refractivity contribution in [2.24, 2.45) is 0 Å². The summed E-state index contributed by atoms with van der Waals surface area (Å²) in [6.45, 7) is 2.17. The van der Waals surface area contributed by atoms with Gasteiger partial charge in [-0.25, -0.2) is 8.42 Å². The van der Waals surface area contributed by atoms with E-state index < -0.39 is 44.4 Å². The smallest absolute Gasteiger partial charge is 0.417 e. The molecule has 212 valence electrons. The van der Waals surface area contributed by atoms with Crippen LogP contribution in [-0.4, -0.2) is 51.0 Å². The Balaban J connectivity index is 1.85. The maximum absolute atomic E-state index is 13.4. The minimum Gasteiger partial charge on any atom is -0.494 e. The number of benzene rings is 3. The molecular weight excluding hydrogens is 547 g/mol. The summed E-state index contributed by atoms with van der Waals surface area (Å²) in [5, 5.41) is 24.9. The Morgan fingerprint density at radius 3 is 2.48 bits per heavy atom. The van der Waals surface area contributed by atoms with Crippen molar-refractivity contribution in [1.82, 2.24) is 5.32 Å². The lowest BCUT2D eigenvalue weighted by atomic mass is 10.1. The molecule has 1 amide bonds. The van der Waals surface area contributed by atoms with E-state index in [0.717, 1.165) is 32.0 Å². The number of aliphatic hydroxyl groups is 1. The minimum absolute atomic E-state index is 0.145. The van der Waals surface area contributed by atoms with Crippen LogP contribution in [0.2, 0.25) is 0 Å². The van der Waals surface area contributed by atoms with E-state index >= 15 is 0 Å². The molecule has 1 atom stereocenters. The predicted octanol–water partition coefficient (Wildman–Crippen LogP) is 4.40. The number of nitriles is 1. The number of halogens is 3. The Bertz CT molecular complexity index is 1520. The van der Waals surface area contributed by atoms with Gasteiger partial charge in [-0.15, -0.1) is 0 Å². The third kappa shape index (κ3) is 7.59. The summed E-state index contributed by atoms with van der Waals surface area (Å²) in [6, 6.07) is 16.8. The lowest BCUT2D eigenvalue weighted by molar-refractivity contribution is -0.137. The average molecular weight is 576 g/mol. The van der Waals surface area contributed by atoms with Gasteiger partial charge in [-0.2, -0.15) is 18.4 Å². The van der Waals surface area contributed by atoms with Crippen molar-refractivity contribution in [2.45, 2.75) is 30.0 Å². The Morgan fingerprint density at radius 2 is 1.80 bits per heavy atom. The number of sulfone groups is 1. The first-order chi connectivity index (χ1) is 18.8. The van der Waals surface area contributed by atoms with Gasteiger partial charge in [-0.05, 0) is 68.9 Å². The third-order valence-corrected chi connectivity index (χ3v) is 7.84. The number of nitrogens with one attached hydrogen (secondary N) is 2. The van der Waals surface area contributed by atoms with Crippen LogP contribution >= 0.6 is 0 Å². The first-order valence-corrected chi connectivity index (χ1v) is 13.8. The van der Waals surface area contributed by atoms with E-state index in [9.17, 15) is 31.5 Å². The number of ether oxygens (including phenoxy) is 1. The summed E-state index contributed by atoms with van der Waals surface area (Å²) >= 11 is 0. The fraction of sp³-hybridized carbons (Fsp3) is 0.286. The molecule has 0 heterocycles. The second-order valence-electron chi connectivity index (χ2n) is 9.19. The molecule has 1 unspecified atom stereocenters. The summed E-state index contributed by atoms with van der Waals surface area (Å²) in [7, 11) is -2.47. The zero-order valence-corrected chi connectivity index (χ0v) is 22.6. The van der Waals surface area contributed by atoms with E-state index in [1.807, 2.05) is 7.05 Å². The van der Waals surface area contributed by atoms with Crippen LogP contribution in [0.15, 0.2) is 71.6 Å². The molecule has 0 aliphatic heterocycles. The molecule has 3 aromatic carbocycles. The van der Waals surface area contributed by atoms with Gasteiger partial charge in [0.05, 0.1) is 34.5 Å². The van der Waals surface area contributed by atoms with Gasteiger partial charge >= 0.3 is 6.18 Å². The van der Waals surface area contributed by atoms with Crippen molar-refractivity contribution >= 4 is 21.4 Å². The average Bonchev–Trinajstić information content (AvgIpc) is 2.90. The molecule has 0 spiro atoms. The van der Waals surface area contributed by atoms with Gasteiger partial charge in [-0.1, -0.05) is 30.3 Å². The van der Waals surface area contributed by atoms with E-state index in [0.29, 0.717) is 29.5 Å². The van der Waals surface area contributed by atoms with E-state index in [1.165, 1.54) is 18.2 Å². The molecule has 0 fully saturated rings. The highest BCUT2D eigenvalue weighted by molar-refractivity contribution is 7.91. The molecule has 0 aromatic heterocycles. The van der Waals surface area contributed by atoms with Gasteiger partial charge in [0.15, 0.2) is 15.4 Å². The summed E-state index contributed by atoms with van der Waals surface area (Å²) in [5.41, 5.74) is -3.95. The Labute approximate surface area is 230 Å². The van der Waals surface area contributed by atoms with Crippen LogP contribution in [-0.2, 0) is 20.8 Å². The molecule has 0 saturated carbocycles. The van der Waals surface area contributed by atoms with Crippen LogP contribution in [0.5, 0.6) is 5.75 Å². The highest BCUT2D eigenvalue weighted by atomic mass is 32.2. The summed E-state index contributed by atoms with van der Waals surface area (Å²) in [6.07, 6.45) is -4.10. The van der Waals surface area contributed by atoms with Gasteiger partial charge in [0.2, 0.25) is 0 Å². The van der Waals surface area contributed by atoms with Crippen molar-refractivity contribution in [1.29, 1.82) is 5.26 Å². The van der Waals surface area contributed by atoms with Crippen LogP contribution in [0.4, 0.5) is 18.9 Å². The van der Waals surface area contributed by atoms with E-state index in [-0.39, 0.29) is 10.6 Å². The van der Waals surface area contributed by atoms with Gasteiger partial charge in [-0.3, -0.25) is 4.79 Å². The van der Waals surface area contributed by atoms with Gasteiger partial charge < -0.3 is 20.5 Å². The lowest BCUT2D eigenvalue weighted by Crippen LogP contribution is -2.45. The molecule has 0 saturated heterocycles. The molecule has 3 N–H and O–H groups in total. The zero-order chi connectivity index (χ0) is 29.6. The standard InChI is InChI=1S/C28H28F3N3O5S/c1-27(36,26(35)34-21-12-11-20(17-32)24(16-21)28(29,30)31)18-40(37,38)25-10-4-3-9-23(25)19-7-5-8-22(15-19)39-14-6-13-33-2/h3-5,7-12,15-16,33,36H,6,13-14,18H2,1-2H3,(H,34,35). The van der Waals surface area contributed by atoms with Crippen LogP contribution in [0.25, 0.3) is 11.1 Å². The number of hydrogen-bond acceptors (Lipinski definition) is 7. The quantitative estimate of drug-likeness (QED) is 0.289. The van der Waals surface area contributed by atoms with Crippen LogP contribution in [0, 0.1) is 11.3 Å². The summed E-state index contributed by atoms with van der Waals surface area (Å²) in [4.78, 5) is 12.7. The topological polar surface area (TPSA) is 129 Å². The Hall–Kier alpha value is -3.92. The molecule has 0 bridgehead atoms. The molecular formula is C28H28F3N3O5S. The van der Waals surface area contributed by atoms with Crippen molar-refractivity contribution in [2.75, 3.05) is 31.3 Å². The lowest BCUT2D eigenvalue weighted by Gasteiger charge is -2.23. The fourth-order valence-electron chi connectivity index (χ4n) is 3.90. The number of amides is 1. The number of anilines is 1. The monoisotopic (exact) mass is 575 g/mol. The number of rotatable bonds is 11. The summed E-state index contributed by atoms with van der Waals surface area (Å²) < 4.78 is 72.5. The molecule has 40 heavy (non-hydrogen) atoms. The number of alkyl halides is 3. The normalized spacial score (nSPS) is 13.2. The second kappa shape index (κ2) is 12.5. The SMILES string of the molecule is CNCCCOc1cccc(-c2ccccc2S(=O)(=O)CC(C)(O)C(=O)Nc2ccc(C#N)c(C(F)(F)F)c2)c1. The van der Waals surface area contributed by atoms with Gasteiger partial charge in [0.1, 0.15) is 5.75 Å². The largest absolute Gasteiger partial charge is 0.494 e. The van der Waals surface area contributed by atoms with Crippen LogP contribution in [0.1, 0.15) is 24.5 Å². The van der Waals surface area contributed by atoms with Crippen molar-refractivity contribution < 1.29 is 36.2 Å². The summed E-state index contributed by atoms with van der Waals surface area (Å²) in [5.74, 6) is -1.75. The predicted molar refractivity (Wildman–Crippen MR) is 143 cm³/mol. The zero-order valence-electron chi connectivity index (χ0n) is 21.7. The van der Waals surface area contributed by atoms with E-state index in [4.69, 9.17) is 10.00 Å². The minimum atomic E-state index is -4.86. The van der Waals surface area contributed by atoms with Crippen LogP contribution < -0.4 is 15.4 Å². The molecule has 0 aliphatic rings. The molecule has 12 heteroatoms. The van der Waals surface area contributed by atoms with Gasteiger partial charge in [0.25, 0.3) is 5.91 Å². The maximum Gasteiger partial charge on any atom is 0.417 e. The van der Waals surface area contributed by atoms with Crippen molar-refractivity contribution in [3.63, 3.8) is 0 Å². The van der Waals surface area contributed by atoms with E-state index in [1.54, 1.807) is 36.4 Å². The molecule has 0 aliphatic carbocycles. The van der Waals surface area contributed by atoms with Crippen molar-refractivity contribution in [3.8, 4) is 22.9 Å². The Kier molecular flexibility index (Phi) is 9.57. The molecule has 3 aromatic rings. The van der Waals surface area contributed by atoms with E-state index in [2.05, 4.69) is 10.6 Å². The first-order valence-electron chi connectivity index (χ1n) is 12.1. The maximum atomic E-state index is 13.4. The van der Waals surface area contributed by atoms with Crippen molar-refractivity contribution in [3.05, 3.63) is 77.9 Å². The molecule has 3 rings (SSSR count). The number of nitrogens with zero attached hydrogens (tertiary/aromatic N) is 1. The highest BCUT2D eigenvalue weighted by Gasteiger charge is 2.38. The molecule has 0 radical (unpaired) electrons. The molecule has 8 nitrogen and oxygen atoms in total. The fourth-order valence-corrected chi connectivity index (χ4v) is 5.74. The Morgan fingerprint density at radius 1 is 1.07 bits per heavy atom. The number of carbonyl (C=O) groups is 1. The second-order valence-corrected chi connectivity index (χ2v) is 11.1. The first kappa shape index (κ1) is 30.6. The number of carbonyl (C=O) groups excluding carboxylic acids is 1. The van der Waals surface area contributed by atoms with Crippen LogP contribution in [0.3, 0.4) is 0 Å².